The number of primary amides is 1. The van der Waals surface area contributed by atoms with Crippen molar-refractivity contribution in [1.29, 1.82) is 0 Å². The first kappa shape index (κ1) is 21.7. The number of anilines is 1. The van der Waals surface area contributed by atoms with Crippen molar-refractivity contribution in [2.24, 2.45) is 18.7 Å². The van der Waals surface area contributed by atoms with Gasteiger partial charge in [0.25, 0.3) is 0 Å². The molecule has 2 N–H and O–H groups in total. The molecule has 1 aromatic carbocycles. The van der Waals surface area contributed by atoms with Gasteiger partial charge in [-0.2, -0.15) is 13.2 Å². The van der Waals surface area contributed by atoms with Crippen molar-refractivity contribution in [3.63, 3.8) is 0 Å². The summed E-state index contributed by atoms with van der Waals surface area (Å²) < 4.78 is 55.8. The molecule has 0 bridgehead atoms. The Hall–Kier alpha value is -3.57. The number of amides is 1. The number of rotatable bonds is 4. The van der Waals surface area contributed by atoms with E-state index in [0.717, 1.165) is 12.4 Å². The molecular formula is C20H19F4N7O. The lowest BCUT2D eigenvalue weighted by molar-refractivity contribution is -0.170. The summed E-state index contributed by atoms with van der Waals surface area (Å²) in [7, 11) is 1.57. The second kappa shape index (κ2) is 7.53. The number of nitrogens with two attached hydrogens (primary N) is 1. The van der Waals surface area contributed by atoms with Gasteiger partial charge in [-0.3, -0.25) is 9.48 Å². The van der Waals surface area contributed by atoms with E-state index in [4.69, 9.17) is 5.73 Å². The van der Waals surface area contributed by atoms with Crippen molar-refractivity contribution in [2.45, 2.75) is 25.1 Å². The second-order valence-corrected chi connectivity index (χ2v) is 7.75. The highest BCUT2D eigenvalue weighted by Gasteiger charge is 2.59. The zero-order valence-electron chi connectivity index (χ0n) is 17.1. The molecule has 3 aromatic rings. The minimum absolute atomic E-state index is 0.0433. The summed E-state index contributed by atoms with van der Waals surface area (Å²) in [4.78, 5) is 26.0. The molecule has 1 aliphatic heterocycles. The summed E-state index contributed by atoms with van der Waals surface area (Å²) in [6.45, 7) is 1.21. The fraction of sp³-hybridized carbons (Fsp3) is 0.350. The van der Waals surface area contributed by atoms with Crippen molar-refractivity contribution in [3.8, 4) is 11.4 Å². The summed E-state index contributed by atoms with van der Waals surface area (Å²) in [6, 6.07) is 4.69. The SMILES string of the molecule is Cc1ccc(C2(C(N)=O)CC(C(F)(F)F)CN2c2ncn(C)n2)cc1-c1ncc(F)cn1. The van der Waals surface area contributed by atoms with Gasteiger partial charge in [0.15, 0.2) is 11.6 Å². The molecule has 1 saturated heterocycles. The van der Waals surface area contributed by atoms with E-state index in [2.05, 4.69) is 20.1 Å². The number of hydrogen-bond donors (Lipinski definition) is 1. The number of carbonyl (C=O) groups is 1. The van der Waals surface area contributed by atoms with Crippen LogP contribution in [-0.4, -0.2) is 43.4 Å². The smallest absolute Gasteiger partial charge is 0.367 e. The summed E-state index contributed by atoms with van der Waals surface area (Å²) >= 11 is 0. The molecule has 32 heavy (non-hydrogen) atoms. The summed E-state index contributed by atoms with van der Waals surface area (Å²) in [5.74, 6) is -3.30. The molecule has 4 rings (SSSR count). The molecule has 1 fully saturated rings. The molecule has 1 amide bonds. The lowest BCUT2D eigenvalue weighted by Crippen LogP contribution is -2.52. The fourth-order valence-electron chi connectivity index (χ4n) is 4.05. The molecule has 8 nitrogen and oxygen atoms in total. The van der Waals surface area contributed by atoms with Crippen molar-refractivity contribution in [1.82, 2.24) is 24.7 Å². The van der Waals surface area contributed by atoms with E-state index in [1.165, 1.54) is 22.0 Å². The van der Waals surface area contributed by atoms with Crippen LogP contribution in [0.4, 0.5) is 23.5 Å². The van der Waals surface area contributed by atoms with Crippen LogP contribution in [0.15, 0.2) is 36.9 Å². The first-order valence-electron chi connectivity index (χ1n) is 9.61. The lowest BCUT2D eigenvalue weighted by atomic mass is 9.82. The molecule has 3 heterocycles. The van der Waals surface area contributed by atoms with Crippen LogP contribution in [0.25, 0.3) is 11.4 Å². The van der Waals surface area contributed by atoms with Gasteiger partial charge in [-0.1, -0.05) is 12.1 Å². The van der Waals surface area contributed by atoms with E-state index in [0.29, 0.717) is 11.1 Å². The molecule has 2 aromatic heterocycles. The van der Waals surface area contributed by atoms with Crippen LogP contribution in [0.5, 0.6) is 0 Å². The Morgan fingerprint density at radius 3 is 2.47 bits per heavy atom. The maximum atomic E-state index is 13.7. The maximum Gasteiger partial charge on any atom is 0.393 e. The van der Waals surface area contributed by atoms with Crippen molar-refractivity contribution in [3.05, 3.63) is 53.9 Å². The Labute approximate surface area is 180 Å². The standard InChI is InChI=1S/C20H19F4N7O/c1-11-3-4-12(5-15(11)16-26-7-14(21)8-27-16)19(17(25)32)6-13(20(22,23)24)9-31(19)18-28-10-30(2)29-18/h3-5,7-8,10,13H,6,9H2,1-2H3,(H2,25,32). The second-order valence-electron chi connectivity index (χ2n) is 7.75. The fourth-order valence-corrected chi connectivity index (χ4v) is 4.05. The van der Waals surface area contributed by atoms with Gasteiger partial charge in [-0.25, -0.2) is 19.3 Å². The van der Waals surface area contributed by atoms with E-state index >= 15 is 0 Å². The van der Waals surface area contributed by atoms with E-state index < -0.39 is 42.3 Å². The zero-order valence-corrected chi connectivity index (χ0v) is 17.1. The average molecular weight is 449 g/mol. The van der Waals surface area contributed by atoms with Gasteiger partial charge in [0.2, 0.25) is 11.9 Å². The van der Waals surface area contributed by atoms with Gasteiger partial charge < -0.3 is 10.6 Å². The molecule has 0 radical (unpaired) electrons. The van der Waals surface area contributed by atoms with Gasteiger partial charge in [0.05, 0.1) is 18.3 Å². The summed E-state index contributed by atoms with van der Waals surface area (Å²) in [5.41, 5.74) is 5.25. The van der Waals surface area contributed by atoms with Crippen molar-refractivity contribution >= 4 is 11.9 Å². The molecule has 12 heteroatoms. The topological polar surface area (TPSA) is 103 Å². The van der Waals surface area contributed by atoms with Crippen LogP contribution >= 0.6 is 0 Å². The van der Waals surface area contributed by atoms with Crippen LogP contribution in [0.1, 0.15) is 17.5 Å². The Morgan fingerprint density at radius 2 is 1.91 bits per heavy atom. The molecule has 168 valence electrons. The monoisotopic (exact) mass is 449 g/mol. The van der Waals surface area contributed by atoms with E-state index in [-0.39, 0.29) is 17.3 Å². The predicted molar refractivity (Wildman–Crippen MR) is 106 cm³/mol. The maximum absolute atomic E-state index is 13.7. The number of aromatic nitrogens is 5. The number of alkyl halides is 3. The highest BCUT2D eigenvalue weighted by atomic mass is 19.4. The highest BCUT2D eigenvalue weighted by Crippen LogP contribution is 2.49. The largest absolute Gasteiger partial charge is 0.393 e. The number of benzene rings is 1. The zero-order chi connectivity index (χ0) is 23.3. The van der Waals surface area contributed by atoms with Crippen molar-refractivity contribution < 1.29 is 22.4 Å². The molecular weight excluding hydrogens is 430 g/mol. The van der Waals surface area contributed by atoms with Crippen molar-refractivity contribution in [2.75, 3.05) is 11.4 Å². The molecule has 0 saturated carbocycles. The van der Waals surface area contributed by atoms with Crippen LogP contribution in [0.2, 0.25) is 0 Å². The number of aryl methyl sites for hydroxylation is 2. The molecule has 0 spiro atoms. The average Bonchev–Trinajstić information content (AvgIpc) is 3.33. The van der Waals surface area contributed by atoms with Gasteiger partial charge in [-0.15, -0.1) is 5.10 Å². The van der Waals surface area contributed by atoms with E-state index in [1.807, 2.05) is 0 Å². The first-order valence-corrected chi connectivity index (χ1v) is 9.61. The molecule has 0 aliphatic carbocycles. The molecule has 2 atom stereocenters. The summed E-state index contributed by atoms with van der Waals surface area (Å²) in [5, 5.41) is 4.11. The third kappa shape index (κ3) is 3.55. The van der Waals surface area contributed by atoms with E-state index in [1.54, 1.807) is 26.1 Å². The summed E-state index contributed by atoms with van der Waals surface area (Å²) in [6.07, 6.45) is -1.86. The Morgan fingerprint density at radius 1 is 1.22 bits per heavy atom. The lowest BCUT2D eigenvalue weighted by Gasteiger charge is -2.35. The quantitative estimate of drug-likeness (QED) is 0.614. The third-order valence-corrected chi connectivity index (χ3v) is 5.68. The number of carbonyl (C=O) groups excluding carboxylic acids is 1. The third-order valence-electron chi connectivity index (χ3n) is 5.68. The minimum atomic E-state index is -4.56. The molecule has 2 unspecified atom stereocenters. The Balaban J connectivity index is 1.91. The minimum Gasteiger partial charge on any atom is -0.367 e. The van der Waals surface area contributed by atoms with Crippen LogP contribution < -0.4 is 10.6 Å². The molecule has 1 aliphatic rings. The van der Waals surface area contributed by atoms with Gasteiger partial charge in [0.1, 0.15) is 11.9 Å². The van der Waals surface area contributed by atoms with Crippen LogP contribution in [0.3, 0.4) is 0 Å². The van der Waals surface area contributed by atoms with E-state index in [9.17, 15) is 22.4 Å². The first-order chi connectivity index (χ1) is 15.0. The number of nitrogens with zero attached hydrogens (tertiary/aromatic N) is 6. The normalized spacial score (nSPS) is 21.2. The van der Waals surface area contributed by atoms with Gasteiger partial charge in [-0.05, 0) is 30.5 Å². The van der Waals surface area contributed by atoms with Gasteiger partial charge in [0, 0.05) is 19.2 Å². The number of halogens is 4. The predicted octanol–water partition coefficient (Wildman–Crippen LogP) is 2.49. The Kier molecular flexibility index (Phi) is 5.10. The van der Waals surface area contributed by atoms with Gasteiger partial charge >= 0.3 is 6.18 Å². The highest BCUT2D eigenvalue weighted by molar-refractivity contribution is 5.91. The van der Waals surface area contributed by atoms with Crippen LogP contribution in [-0.2, 0) is 17.4 Å². The number of hydrogen-bond acceptors (Lipinski definition) is 6. The Bertz CT molecular complexity index is 1160. The van der Waals surface area contributed by atoms with Crippen LogP contribution in [0, 0.1) is 18.7 Å².